The molecule has 78 valence electrons. The van der Waals surface area contributed by atoms with E-state index >= 15 is 0 Å². The van der Waals surface area contributed by atoms with Gasteiger partial charge in [-0.25, -0.2) is 4.79 Å². The highest BCUT2D eigenvalue weighted by molar-refractivity contribution is 5.92. The zero-order valence-corrected chi connectivity index (χ0v) is 8.18. The third-order valence-electron chi connectivity index (χ3n) is 2.34. The summed E-state index contributed by atoms with van der Waals surface area (Å²) in [5.41, 5.74) is 1.65. The second-order valence-electron chi connectivity index (χ2n) is 3.32. The van der Waals surface area contributed by atoms with Crippen LogP contribution in [0.25, 0.3) is 22.3 Å². The predicted octanol–water partition coefficient (Wildman–Crippen LogP) is 1.58. The van der Waals surface area contributed by atoms with E-state index in [9.17, 15) is 4.79 Å². The Morgan fingerprint density at radius 2 is 2.06 bits per heavy atom. The number of fused-ring (bicyclic) bond motifs is 1. The molecular weight excluding hydrogens is 206 g/mol. The lowest BCUT2D eigenvalue weighted by Gasteiger charge is -2.00. The van der Waals surface area contributed by atoms with Crippen molar-refractivity contribution >= 4 is 10.9 Å². The van der Waals surface area contributed by atoms with Crippen LogP contribution >= 0.6 is 0 Å². The summed E-state index contributed by atoms with van der Waals surface area (Å²) in [4.78, 5) is 17.6. The SMILES string of the molecule is O=c1[nH]c(-c2ccnc3ccccc23)no1. The molecule has 3 aromatic rings. The van der Waals surface area contributed by atoms with Crippen LogP contribution in [0.15, 0.2) is 45.8 Å². The highest BCUT2D eigenvalue weighted by Gasteiger charge is 2.08. The maximum Gasteiger partial charge on any atom is 0.439 e. The zero-order chi connectivity index (χ0) is 11.0. The molecule has 0 spiro atoms. The van der Waals surface area contributed by atoms with E-state index in [0.29, 0.717) is 5.82 Å². The van der Waals surface area contributed by atoms with Crippen molar-refractivity contribution in [2.45, 2.75) is 0 Å². The summed E-state index contributed by atoms with van der Waals surface area (Å²) in [6.07, 6.45) is 1.67. The van der Waals surface area contributed by atoms with Crippen LogP contribution in [0.3, 0.4) is 0 Å². The highest BCUT2D eigenvalue weighted by Crippen LogP contribution is 2.23. The first-order valence-electron chi connectivity index (χ1n) is 4.75. The van der Waals surface area contributed by atoms with Crippen LogP contribution in [0.5, 0.6) is 0 Å². The maximum atomic E-state index is 10.9. The van der Waals surface area contributed by atoms with Crippen molar-refractivity contribution in [3.8, 4) is 11.4 Å². The number of pyridine rings is 1. The first-order valence-corrected chi connectivity index (χ1v) is 4.75. The number of aromatic amines is 1. The van der Waals surface area contributed by atoms with Gasteiger partial charge in [0.25, 0.3) is 0 Å². The molecule has 0 saturated heterocycles. The zero-order valence-electron chi connectivity index (χ0n) is 8.18. The van der Waals surface area contributed by atoms with Crippen molar-refractivity contribution in [1.29, 1.82) is 0 Å². The van der Waals surface area contributed by atoms with E-state index in [1.807, 2.05) is 24.3 Å². The van der Waals surface area contributed by atoms with Crippen molar-refractivity contribution < 1.29 is 4.52 Å². The van der Waals surface area contributed by atoms with E-state index in [1.165, 1.54) is 0 Å². The van der Waals surface area contributed by atoms with Crippen LogP contribution in [-0.2, 0) is 0 Å². The fourth-order valence-electron chi connectivity index (χ4n) is 1.65. The summed E-state index contributed by atoms with van der Waals surface area (Å²) in [5, 5.41) is 4.59. The molecule has 0 aliphatic rings. The molecule has 0 atom stereocenters. The predicted molar refractivity (Wildman–Crippen MR) is 57.9 cm³/mol. The lowest BCUT2D eigenvalue weighted by atomic mass is 10.1. The summed E-state index contributed by atoms with van der Waals surface area (Å²) in [6.45, 7) is 0. The van der Waals surface area contributed by atoms with Gasteiger partial charge in [0, 0.05) is 17.1 Å². The van der Waals surface area contributed by atoms with E-state index in [0.717, 1.165) is 16.5 Å². The second-order valence-corrected chi connectivity index (χ2v) is 3.32. The first kappa shape index (κ1) is 8.84. The number of nitrogens with zero attached hydrogens (tertiary/aromatic N) is 2. The molecule has 16 heavy (non-hydrogen) atoms. The van der Waals surface area contributed by atoms with Gasteiger partial charge >= 0.3 is 5.76 Å². The van der Waals surface area contributed by atoms with Crippen LogP contribution in [-0.4, -0.2) is 15.1 Å². The van der Waals surface area contributed by atoms with Gasteiger partial charge in [0.2, 0.25) is 0 Å². The minimum atomic E-state index is -0.559. The van der Waals surface area contributed by atoms with Gasteiger partial charge in [0.1, 0.15) is 0 Å². The largest absolute Gasteiger partial charge is 0.439 e. The minimum Gasteiger partial charge on any atom is -0.296 e. The van der Waals surface area contributed by atoms with E-state index < -0.39 is 5.76 Å². The molecule has 1 N–H and O–H groups in total. The van der Waals surface area contributed by atoms with Crippen LogP contribution in [0, 0.1) is 0 Å². The normalized spacial score (nSPS) is 10.8. The number of rotatable bonds is 1. The third-order valence-corrected chi connectivity index (χ3v) is 2.34. The van der Waals surface area contributed by atoms with Crippen molar-refractivity contribution in [1.82, 2.24) is 15.1 Å². The van der Waals surface area contributed by atoms with Crippen LogP contribution in [0.2, 0.25) is 0 Å². The van der Waals surface area contributed by atoms with E-state index in [-0.39, 0.29) is 0 Å². The molecule has 2 aromatic heterocycles. The number of benzene rings is 1. The Hall–Kier alpha value is -2.43. The molecule has 0 aliphatic carbocycles. The van der Waals surface area contributed by atoms with Gasteiger partial charge in [-0.2, -0.15) is 0 Å². The van der Waals surface area contributed by atoms with Gasteiger partial charge in [-0.1, -0.05) is 23.4 Å². The molecular formula is C11H7N3O2. The van der Waals surface area contributed by atoms with Gasteiger partial charge in [0.05, 0.1) is 5.52 Å². The quantitative estimate of drug-likeness (QED) is 0.666. The van der Waals surface area contributed by atoms with Crippen molar-refractivity contribution in [3.05, 3.63) is 47.1 Å². The topological polar surface area (TPSA) is 71.8 Å². The lowest BCUT2D eigenvalue weighted by molar-refractivity contribution is 0.388. The number of hydrogen-bond donors (Lipinski definition) is 1. The summed E-state index contributed by atoms with van der Waals surface area (Å²) >= 11 is 0. The Bertz CT molecular complexity index is 694. The van der Waals surface area contributed by atoms with Crippen molar-refractivity contribution in [2.75, 3.05) is 0 Å². The Kier molecular flexibility index (Phi) is 1.83. The fourth-order valence-corrected chi connectivity index (χ4v) is 1.65. The summed E-state index contributed by atoms with van der Waals surface area (Å²) < 4.78 is 4.49. The van der Waals surface area contributed by atoms with Crippen LogP contribution in [0.4, 0.5) is 0 Å². The average Bonchev–Trinajstić information content (AvgIpc) is 2.75. The molecule has 0 aliphatic heterocycles. The van der Waals surface area contributed by atoms with Gasteiger partial charge in [-0.05, 0) is 12.1 Å². The molecule has 0 bridgehead atoms. The number of aromatic nitrogens is 3. The van der Waals surface area contributed by atoms with E-state index in [2.05, 4.69) is 19.6 Å². The van der Waals surface area contributed by atoms with Gasteiger partial charge in [-0.15, -0.1) is 0 Å². The molecule has 5 heteroatoms. The van der Waals surface area contributed by atoms with Crippen molar-refractivity contribution in [2.24, 2.45) is 0 Å². The first-order chi connectivity index (χ1) is 7.84. The number of nitrogens with one attached hydrogen (secondary N) is 1. The fraction of sp³-hybridized carbons (Fsp3) is 0. The summed E-state index contributed by atoms with van der Waals surface area (Å²) in [5.74, 6) is -0.139. The maximum absolute atomic E-state index is 10.9. The molecule has 2 heterocycles. The minimum absolute atomic E-state index is 0.420. The molecule has 0 saturated carbocycles. The van der Waals surface area contributed by atoms with Gasteiger partial charge < -0.3 is 0 Å². The molecule has 5 nitrogen and oxygen atoms in total. The number of H-pyrrole nitrogens is 1. The molecule has 0 fully saturated rings. The molecule has 1 aromatic carbocycles. The highest BCUT2D eigenvalue weighted by atomic mass is 16.5. The average molecular weight is 213 g/mol. The standard InChI is InChI=1S/C11H7N3O2/c15-11-13-10(14-16-11)8-5-6-12-9-4-2-1-3-7(8)9/h1-6H,(H,13,14,15). The molecule has 0 amide bonds. The lowest BCUT2D eigenvalue weighted by Crippen LogP contribution is -1.95. The van der Waals surface area contributed by atoms with E-state index in [1.54, 1.807) is 12.3 Å². The second kappa shape index (κ2) is 3.30. The van der Waals surface area contributed by atoms with Crippen molar-refractivity contribution in [3.63, 3.8) is 0 Å². The van der Waals surface area contributed by atoms with E-state index in [4.69, 9.17) is 0 Å². The molecule has 3 rings (SSSR count). The Labute approximate surface area is 89.7 Å². The Morgan fingerprint density at radius 3 is 2.88 bits per heavy atom. The third kappa shape index (κ3) is 1.30. The summed E-state index contributed by atoms with van der Waals surface area (Å²) in [7, 11) is 0. The number of para-hydroxylation sites is 1. The van der Waals surface area contributed by atoms with Crippen LogP contribution in [0.1, 0.15) is 0 Å². The van der Waals surface area contributed by atoms with Gasteiger partial charge in [0.15, 0.2) is 5.82 Å². The van der Waals surface area contributed by atoms with Gasteiger partial charge in [-0.3, -0.25) is 14.5 Å². The van der Waals surface area contributed by atoms with Crippen LogP contribution < -0.4 is 5.76 Å². The molecule has 0 radical (unpaired) electrons. The Morgan fingerprint density at radius 1 is 1.19 bits per heavy atom. The number of hydrogen-bond acceptors (Lipinski definition) is 4. The molecule has 0 unspecified atom stereocenters. The summed E-state index contributed by atoms with van der Waals surface area (Å²) in [6, 6.07) is 9.42. The smallest absolute Gasteiger partial charge is 0.296 e. The Balaban J connectivity index is 2.35. The monoisotopic (exact) mass is 213 g/mol.